The van der Waals surface area contributed by atoms with E-state index in [0.717, 1.165) is 6.07 Å². The van der Waals surface area contributed by atoms with Crippen LogP contribution in [0.25, 0.3) is 22.4 Å². The molecule has 3 aromatic rings. The Bertz CT molecular complexity index is 1060. The van der Waals surface area contributed by atoms with Crippen LogP contribution in [0, 0.1) is 0 Å². The Labute approximate surface area is 164 Å². The molecular weight excluding hydrogens is 389 g/mol. The zero-order valence-electron chi connectivity index (χ0n) is 15.9. The molecule has 0 aliphatic heterocycles. The van der Waals surface area contributed by atoms with Gasteiger partial charge in [0.2, 0.25) is 5.89 Å². The molecule has 0 bridgehead atoms. The van der Waals surface area contributed by atoms with Crippen LogP contribution in [0.15, 0.2) is 28.7 Å². The van der Waals surface area contributed by atoms with Gasteiger partial charge in [0.1, 0.15) is 17.0 Å². The molecule has 3 N–H and O–H groups in total. The Hall–Kier alpha value is -3.14. The minimum Gasteiger partial charge on any atom is -0.494 e. The monoisotopic (exact) mass is 408 g/mol. The number of nitrogens with two attached hydrogens (primary N) is 1. The number of methoxy groups -OCH3 is 1. The van der Waals surface area contributed by atoms with Crippen LogP contribution in [-0.2, 0) is 6.18 Å². The van der Waals surface area contributed by atoms with Crippen LogP contribution in [0.2, 0.25) is 0 Å². The highest BCUT2D eigenvalue weighted by atomic mass is 19.4. The highest BCUT2D eigenvalue weighted by Gasteiger charge is 2.33. The molecule has 2 aromatic heterocycles. The van der Waals surface area contributed by atoms with E-state index in [2.05, 4.69) is 15.3 Å². The number of fused-ring (bicyclic) bond motifs is 1. The van der Waals surface area contributed by atoms with Crippen LogP contribution in [0.5, 0.6) is 5.75 Å². The van der Waals surface area contributed by atoms with E-state index in [4.69, 9.17) is 14.9 Å². The standard InChI is InChI=1S/C19H19F3N4O3/c1-4-24-17(27)15-16(9(2)23)29-18(26-15)11-5-7-12(28-3)14-10(11)6-8-13(25-14)19(20,21)22/h5-9H,4,23H2,1-3H3,(H,24,27)/t9-/m0/s1. The lowest BCUT2D eigenvalue weighted by molar-refractivity contribution is -0.140. The van der Waals surface area contributed by atoms with Gasteiger partial charge in [-0.15, -0.1) is 0 Å². The van der Waals surface area contributed by atoms with Crippen molar-refractivity contribution in [2.75, 3.05) is 13.7 Å². The quantitative estimate of drug-likeness (QED) is 0.668. The topological polar surface area (TPSA) is 103 Å². The van der Waals surface area contributed by atoms with Gasteiger partial charge < -0.3 is 20.2 Å². The number of aromatic nitrogens is 2. The van der Waals surface area contributed by atoms with Crippen molar-refractivity contribution in [2.24, 2.45) is 5.73 Å². The third kappa shape index (κ3) is 3.88. The molecule has 7 nitrogen and oxygen atoms in total. The number of halogens is 3. The van der Waals surface area contributed by atoms with Crippen LogP contribution in [-0.4, -0.2) is 29.5 Å². The Morgan fingerprint density at radius 3 is 2.59 bits per heavy atom. The second-order valence-corrected chi connectivity index (χ2v) is 6.29. The Morgan fingerprint density at radius 2 is 2.00 bits per heavy atom. The van der Waals surface area contributed by atoms with Crippen molar-refractivity contribution in [2.45, 2.75) is 26.1 Å². The smallest absolute Gasteiger partial charge is 0.433 e. The molecule has 0 unspecified atom stereocenters. The largest absolute Gasteiger partial charge is 0.494 e. The molecule has 0 aliphatic rings. The number of oxazole rings is 1. The lowest BCUT2D eigenvalue weighted by Gasteiger charge is -2.11. The van der Waals surface area contributed by atoms with Crippen molar-refractivity contribution in [3.05, 3.63) is 41.4 Å². The summed E-state index contributed by atoms with van der Waals surface area (Å²) in [5, 5.41) is 2.96. The van der Waals surface area contributed by atoms with Crippen molar-refractivity contribution in [3.8, 4) is 17.2 Å². The number of rotatable bonds is 5. The molecule has 2 heterocycles. The Morgan fingerprint density at radius 1 is 1.28 bits per heavy atom. The van der Waals surface area contributed by atoms with E-state index in [1.165, 1.54) is 19.2 Å². The number of carbonyl (C=O) groups excluding carboxylic acids is 1. The average molecular weight is 408 g/mol. The maximum absolute atomic E-state index is 13.1. The molecule has 0 radical (unpaired) electrons. The summed E-state index contributed by atoms with van der Waals surface area (Å²) in [6.45, 7) is 3.77. The van der Waals surface area contributed by atoms with Crippen LogP contribution in [0.4, 0.5) is 13.2 Å². The van der Waals surface area contributed by atoms with E-state index < -0.39 is 23.8 Å². The number of ether oxygens (including phenoxy) is 1. The summed E-state index contributed by atoms with van der Waals surface area (Å²) in [5.74, 6) is -0.0644. The predicted molar refractivity (Wildman–Crippen MR) is 99.4 cm³/mol. The molecule has 154 valence electrons. The van der Waals surface area contributed by atoms with Gasteiger partial charge >= 0.3 is 6.18 Å². The van der Waals surface area contributed by atoms with Crippen molar-refractivity contribution >= 4 is 16.8 Å². The van der Waals surface area contributed by atoms with Gasteiger partial charge in [-0.05, 0) is 38.1 Å². The van der Waals surface area contributed by atoms with Gasteiger partial charge in [-0.25, -0.2) is 9.97 Å². The Kier molecular flexibility index (Phi) is 5.47. The van der Waals surface area contributed by atoms with E-state index in [0.29, 0.717) is 17.5 Å². The normalized spacial score (nSPS) is 12.8. The lowest BCUT2D eigenvalue weighted by atomic mass is 10.1. The van der Waals surface area contributed by atoms with Crippen LogP contribution in [0.1, 0.15) is 41.8 Å². The molecule has 1 amide bonds. The number of alkyl halides is 3. The molecule has 3 rings (SSSR count). The van der Waals surface area contributed by atoms with Gasteiger partial charge in [-0.3, -0.25) is 4.79 Å². The van der Waals surface area contributed by atoms with E-state index in [9.17, 15) is 18.0 Å². The molecule has 0 saturated heterocycles. The van der Waals surface area contributed by atoms with Crippen LogP contribution in [0.3, 0.4) is 0 Å². The summed E-state index contributed by atoms with van der Waals surface area (Å²) in [4.78, 5) is 20.2. The molecule has 0 aliphatic carbocycles. The fraction of sp³-hybridized carbons (Fsp3) is 0.316. The van der Waals surface area contributed by atoms with Crippen molar-refractivity contribution in [3.63, 3.8) is 0 Å². The number of amides is 1. The number of nitrogens with zero attached hydrogens (tertiary/aromatic N) is 2. The second kappa shape index (κ2) is 7.70. The molecule has 29 heavy (non-hydrogen) atoms. The number of pyridine rings is 1. The average Bonchev–Trinajstić information content (AvgIpc) is 3.11. The van der Waals surface area contributed by atoms with Gasteiger partial charge in [0.25, 0.3) is 5.91 Å². The first-order valence-corrected chi connectivity index (χ1v) is 8.77. The van der Waals surface area contributed by atoms with E-state index in [-0.39, 0.29) is 28.6 Å². The zero-order valence-corrected chi connectivity index (χ0v) is 15.9. The summed E-state index contributed by atoms with van der Waals surface area (Å²) < 4.78 is 50.1. The number of hydrogen-bond donors (Lipinski definition) is 2. The fourth-order valence-electron chi connectivity index (χ4n) is 2.86. The number of hydrogen-bond acceptors (Lipinski definition) is 6. The van der Waals surface area contributed by atoms with Crippen LogP contribution < -0.4 is 15.8 Å². The zero-order chi connectivity index (χ0) is 21.3. The molecule has 1 atom stereocenters. The molecular formula is C19H19F3N4O3. The predicted octanol–water partition coefficient (Wildman–Crippen LogP) is 3.69. The van der Waals surface area contributed by atoms with Crippen molar-refractivity contribution < 1.29 is 27.1 Å². The number of carbonyl (C=O) groups is 1. The highest BCUT2D eigenvalue weighted by Crippen LogP contribution is 2.37. The summed E-state index contributed by atoms with van der Waals surface area (Å²) in [7, 11) is 1.34. The summed E-state index contributed by atoms with van der Waals surface area (Å²) in [5.41, 5.74) is 5.23. The molecule has 10 heteroatoms. The molecule has 0 fully saturated rings. The van der Waals surface area contributed by atoms with E-state index in [1.807, 2.05) is 0 Å². The maximum Gasteiger partial charge on any atom is 0.433 e. The molecule has 0 spiro atoms. The number of benzene rings is 1. The third-order valence-electron chi connectivity index (χ3n) is 4.18. The third-order valence-corrected chi connectivity index (χ3v) is 4.18. The summed E-state index contributed by atoms with van der Waals surface area (Å²) >= 11 is 0. The maximum atomic E-state index is 13.1. The van der Waals surface area contributed by atoms with Crippen molar-refractivity contribution in [1.82, 2.24) is 15.3 Å². The number of nitrogens with one attached hydrogen (secondary N) is 1. The van der Waals surface area contributed by atoms with Gasteiger partial charge in [0.05, 0.1) is 13.2 Å². The van der Waals surface area contributed by atoms with E-state index >= 15 is 0 Å². The lowest BCUT2D eigenvalue weighted by Crippen LogP contribution is -2.25. The van der Waals surface area contributed by atoms with Gasteiger partial charge in [0.15, 0.2) is 11.5 Å². The first-order chi connectivity index (χ1) is 13.7. The van der Waals surface area contributed by atoms with Crippen LogP contribution >= 0.6 is 0 Å². The van der Waals surface area contributed by atoms with Gasteiger partial charge in [-0.1, -0.05) is 0 Å². The van der Waals surface area contributed by atoms with Gasteiger partial charge in [0, 0.05) is 17.5 Å². The Balaban J connectivity index is 2.23. The highest BCUT2D eigenvalue weighted by molar-refractivity contribution is 5.98. The minimum absolute atomic E-state index is 0.0000633. The first kappa shape index (κ1) is 20.6. The fourth-order valence-corrected chi connectivity index (χ4v) is 2.86. The van der Waals surface area contributed by atoms with E-state index in [1.54, 1.807) is 19.9 Å². The first-order valence-electron chi connectivity index (χ1n) is 8.77. The SMILES string of the molecule is CCNC(=O)c1nc(-c2ccc(OC)c3nc(C(F)(F)F)ccc23)oc1[C@H](C)N. The second-order valence-electron chi connectivity index (χ2n) is 6.29. The summed E-state index contributed by atoms with van der Waals surface area (Å²) in [6, 6.07) is 4.56. The minimum atomic E-state index is -4.61. The summed E-state index contributed by atoms with van der Waals surface area (Å²) in [6.07, 6.45) is -4.61. The van der Waals surface area contributed by atoms with Gasteiger partial charge in [-0.2, -0.15) is 13.2 Å². The molecule has 0 saturated carbocycles. The van der Waals surface area contributed by atoms with Crippen molar-refractivity contribution in [1.29, 1.82) is 0 Å². The molecule has 1 aromatic carbocycles.